The SMILES string of the molecule is CCc1ccc(OC)c(N(CCCc2ccccc2)C(C)C)c1. The highest BCUT2D eigenvalue weighted by molar-refractivity contribution is 5.60. The molecule has 0 spiro atoms. The summed E-state index contributed by atoms with van der Waals surface area (Å²) < 4.78 is 5.60. The number of benzene rings is 2. The van der Waals surface area contributed by atoms with Crippen LogP contribution in [-0.2, 0) is 12.8 Å². The van der Waals surface area contributed by atoms with Crippen LogP contribution in [0.5, 0.6) is 5.75 Å². The molecule has 0 saturated carbocycles. The maximum atomic E-state index is 5.60. The van der Waals surface area contributed by atoms with Crippen LogP contribution in [0, 0.1) is 0 Å². The molecular weight excluding hydrogens is 282 g/mol. The number of ether oxygens (including phenoxy) is 1. The molecule has 0 bridgehead atoms. The molecular formula is C21H29NO. The first-order valence-electron chi connectivity index (χ1n) is 8.63. The molecule has 0 heterocycles. The van der Waals surface area contributed by atoms with Crippen LogP contribution in [0.25, 0.3) is 0 Å². The first kappa shape index (κ1) is 17.4. The maximum Gasteiger partial charge on any atom is 0.142 e. The van der Waals surface area contributed by atoms with Crippen molar-refractivity contribution < 1.29 is 4.74 Å². The summed E-state index contributed by atoms with van der Waals surface area (Å²) in [7, 11) is 1.76. The van der Waals surface area contributed by atoms with E-state index < -0.39 is 0 Å². The van der Waals surface area contributed by atoms with Crippen LogP contribution in [0.4, 0.5) is 5.69 Å². The zero-order chi connectivity index (χ0) is 16.7. The van der Waals surface area contributed by atoms with Crippen LogP contribution in [0.3, 0.4) is 0 Å². The molecule has 0 aliphatic heterocycles. The highest BCUT2D eigenvalue weighted by atomic mass is 16.5. The van der Waals surface area contributed by atoms with Gasteiger partial charge in [0.05, 0.1) is 12.8 Å². The van der Waals surface area contributed by atoms with Crippen molar-refractivity contribution in [1.82, 2.24) is 0 Å². The average molecular weight is 311 g/mol. The topological polar surface area (TPSA) is 12.5 Å². The third-order valence-corrected chi connectivity index (χ3v) is 4.29. The van der Waals surface area contributed by atoms with Gasteiger partial charge in [-0.1, -0.05) is 43.3 Å². The molecule has 2 rings (SSSR count). The number of rotatable bonds is 8. The number of methoxy groups -OCH3 is 1. The largest absolute Gasteiger partial charge is 0.495 e. The van der Waals surface area contributed by atoms with Crippen molar-refractivity contribution in [3.8, 4) is 5.75 Å². The molecule has 0 aromatic heterocycles. The minimum atomic E-state index is 0.451. The van der Waals surface area contributed by atoms with E-state index >= 15 is 0 Å². The molecule has 0 saturated heterocycles. The average Bonchev–Trinajstić information content (AvgIpc) is 2.58. The second-order valence-electron chi connectivity index (χ2n) is 6.24. The van der Waals surface area contributed by atoms with Crippen molar-refractivity contribution in [2.24, 2.45) is 0 Å². The Hall–Kier alpha value is -1.96. The summed E-state index contributed by atoms with van der Waals surface area (Å²) in [6.45, 7) is 7.73. The molecule has 2 heteroatoms. The standard InChI is InChI=1S/C21H29NO/c1-5-18-13-14-21(23-4)20(16-18)22(17(2)3)15-9-12-19-10-7-6-8-11-19/h6-8,10-11,13-14,16-17H,5,9,12,15H2,1-4H3. The van der Waals surface area contributed by atoms with E-state index in [0.717, 1.165) is 31.6 Å². The Kier molecular flexibility index (Phi) is 6.52. The zero-order valence-corrected chi connectivity index (χ0v) is 14.9. The molecule has 0 N–H and O–H groups in total. The molecule has 0 aliphatic rings. The minimum Gasteiger partial charge on any atom is -0.495 e. The minimum absolute atomic E-state index is 0.451. The molecule has 2 aromatic carbocycles. The Morgan fingerprint density at radius 3 is 2.35 bits per heavy atom. The van der Waals surface area contributed by atoms with Crippen molar-refractivity contribution in [2.45, 2.75) is 46.1 Å². The third kappa shape index (κ3) is 4.75. The van der Waals surface area contributed by atoms with Crippen molar-refractivity contribution >= 4 is 5.69 Å². The van der Waals surface area contributed by atoms with Crippen LogP contribution in [0.1, 0.15) is 38.3 Å². The Bertz CT molecular complexity index is 592. The molecule has 0 aliphatic carbocycles. The van der Waals surface area contributed by atoms with E-state index in [9.17, 15) is 0 Å². The molecule has 0 atom stereocenters. The van der Waals surface area contributed by atoms with E-state index in [4.69, 9.17) is 4.74 Å². The number of hydrogen-bond donors (Lipinski definition) is 0. The first-order chi connectivity index (χ1) is 11.2. The lowest BCUT2D eigenvalue weighted by Crippen LogP contribution is -2.32. The lowest BCUT2D eigenvalue weighted by atomic mass is 10.1. The van der Waals surface area contributed by atoms with Crippen molar-refractivity contribution in [3.05, 3.63) is 59.7 Å². The zero-order valence-electron chi connectivity index (χ0n) is 14.9. The summed E-state index contributed by atoms with van der Waals surface area (Å²) in [5.41, 5.74) is 3.98. The van der Waals surface area contributed by atoms with Crippen molar-refractivity contribution in [2.75, 3.05) is 18.6 Å². The van der Waals surface area contributed by atoms with E-state index in [1.165, 1.54) is 16.8 Å². The number of hydrogen-bond acceptors (Lipinski definition) is 2. The maximum absolute atomic E-state index is 5.60. The number of anilines is 1. The van der Waals surface area contributed by atoms with Crippen LogP contribution >= 0.6 is 0 Å². The Morgan fingerprint density at radius 1 is 1.00 bits per heavy atom. The molecule has 0 radical (unpaired) electrons. The van der Waals surface area contributed by atoms with Gasteiger partial charge < -0.3 is 9.64 Å². The molecule has 0 fully saturated rings. The fourth-order valence-corrected chi connectivity index (χ4v) is 2.93. The van der Waals surface area contributed by atoms with Crippen molar-refractivity contribution in [1.29, 1.82) is 0 Å². The van der Waals surface area contributed by atoms with Crippen LogP contribution in [-0.4, -0.2) is 19.7 Å². The number of aryl methyl sites for hydroxylation is 2. The van der Waals surface area contributed by atoms with E-state index in [1.807, 2.05) is 0 Å². The summed E-state index contributed by atoms with van der Waals surface area (Å²) in [5.74, 6) is 0.968. The van der Waals surface area contributed by atoms with Crippen LogP contribution < -0.4 is 9.64 Å². The highest BCUT2D eigenvalue weighted by Gasteiger charge is 2.15. The predicted molar refractivity (Wildman–Crippen MR) is 99.6 cm³/mol. The van der Waals surface area contributed by atoms with Gasteiger partial charge in [-0.15, -0.1) is 0 Å². The summed E-state index contributed by atoms with van der Waals surface area (Å²) in [6, 6.07) is 17.7. The van der Waals surface area contributed by atoms with E-state index in [0.29, 0.717) is 6.04 Å². The van der Waals surface area contributed by atoms with Gasteiger partial charge in [-0.05, 0) is 56.4 Å². The Balaban J connectivity index is 2.11. The van der Waals surface area contributed by atoms with Gasteiger partial charge in [0, 0.05) is 12.6 Å². The molecule has 23 heavy (non-hydrogen) atoms. The summed E-state index contributed by atoms with van der Waals surface area (Å²) >= 11 is 0. The number of nitrogens with zero attached hydrogens (tertiary/aromatic N) is 1. The quantitative estimate of drug-likeness (QED) is 0.672. The second kappa shape index (κ2) is 8.61. The lowest BCUT2D eigenvalue weighted by molar-refractivity contribution is 0.412. The van der Waals surface area contributed by atoms with Gasteiger partial charge >= 0.3 is 0 Å². The van der Waals surface area contributed by atoms with Gasteiger partial charge in [-0.3, -0.25) is 0 Å². The second-order valence-corrected chi connectivity index (χ2v) is 6.24. The van der Waals surface area contributed by atoms with E-state index in [1.54, 1.807) is 7.11 Å². The van der Waals surface area contributed by atoms with E-state index in [-0.39, 0.29) is 0 Å². The summed E-state index contributed by atoms with van der Waals surface area (Å²) in [5, 5.41) is 0. The van der Waals surface area contributed by atoms with Gasteiger partial charge in [-0.25, -0.2) is 0 Å². The molecule has 0 unspecified atom stereocenters. The van der Waals surface area contributed by atoms with Gasteiger partial charge in [0.2, 0.25) is 0 Å². The third-order valence-electron chi connectivity index (χ3n) is 4.29. The van der Waals surface area contributed by atoms with Crippen molar-refractivity contribution in [3.63, 3.8) is 0 Å². The molecule has 2 nitrogen and oxygen atoms in total. The monoisotopic (exact) mass is 311 g/mol. The molecule has 0 amide bonds. The van der Waals surface area contributed by atoms with Gasteiger partial charge in [0.15, 0.2) is 0 Å². The lowest BCUT2D eigenvalue weighted by Gasteiger charge is -2.31. The summed E-state index contributed by atoms with van der Waals surface area (Å²) in [4.78, 5) is 2.46. The highest BCUT2D eigenvalue weighted by Crippen LogP contribution is 2.31. The predicted octanol–water partition coefficient (Wildman–Crippen LogP) is 5.11. The fourth-order valence-electron chi connectivity index (χ4n) is 2.93. The van der Waals surface area contributed by atoms with Crippen LogP contribution in [0.15, 0.2) is 48.5 Å². The van der Waals surface area contributed by atoms with Gasteiger partial charge in [0.1, 0.15) is 5.75 Å². The molecule has 124 valence electrons. The molecule has 2 aromatic rings. The van der Waals surface area contributed by atoms with Crippen LogP contribution in [0.2, 0.25) is 0 Å². The fraction of sp³-hybridized carbons (Fsp3) is 0.429. The Labute approximate surface area is 141 Å². The summed E-state index contributed by atoms with van der Waals surface area (Å²) in [6.07, 6.45) is 3.30. The van der Waals surface area contributed by atoms with Gasteiger partial charge in [0.25, 0.3) is 0 Å². The Morgan fingerprint density at radius 2 is 1.74 bits per heavy atom. The van der Waals surface area contributed by atoms with E-state index in [2.05, 4.69) is 74.2 Å². The smallest absolute Gasteiger partial charge is 0.142 e. The normalized spacial score (nSPS) is 10.8. The first-order valence-corrected chi connectivity index (χ1v) is 8.63. The van der Waals surface area contributed by atoms with Gasteiger partial charge in [-0.2, -0.15) is 0 Å².